The second-order valence-corrected chi connectivity index (χ2v) is 3.88. The molecule has 0 spiro atoms. The van der Waals surface area contributed by atoms with E-state index in [2.05, 4.69) is 20.8 Å². The van der Waals surface area contributed by atoms with Crippen LogP contribution in [0.3, 0.4) is 0 Å². The van der Waals surface area contributed by atoms with Crippen molar-refractivity contribution in [1.82, 2.24) is 0 Å². The number of halogens is 1. The lowest BCUT2D eigenvalue weighted by molar-refractivity contribution is -0.769. The molecule has 0 saturated heterocycles. The molecule has 0 radical (unpaired) electrons. The van der Waals surface area contributed by atoms with Crippen molar-refractivity contribution in [3.63, 3.8) is 0 Å². The van der Waals surface area contributed by atoms with E-state index in [1.807, 2.05) is 0 Å². The Morgan fingerprint density at radius 1 is 1.16 bits per heavy atom. The van der Waals surface area contributed by atoms with Crippen molar-refractivity contribution >= 4 is 27.3 Å². The van der Waals surface area contributed by atoms with Crippen molar-refractivity contribution in [3.05, 3.63) is 54.1 Å². The smallest absolute Gasteiger partial charge is 0.295 e. The van der Waals surface area contributed by atoms with Gasteiger partial charge in [-0.05, 0) is 6.07 Å². The van der Waals surface area contributed by atoms with Gasteiger partial charge in [0.15, 0.2) is 0 Å². The average Bonchev–Trinajstić information content (AvgIpc) is 2.34. The van der Waals surface area contributed by atoms with E-state index in [1.54, 1.807) is 0 Å². The maximum absolute atomic E-state index is 10.8. The Labute approximate surface area is 113 Å². The summed E-state index contributed by atoms with van der Waals surface area (Å²) in [5.41, 5.74) is -1.21. The number of rotatable bonds is 6. The summed E-state index contributed by atoms with van der Waals surface area (Å²) in [6, 6.07) is 2.81. The van der Waals surface area contributed by atoms with Gasteiger partial charge in [0.25, 0.3) is 16.5 Å². The van der Waals surface area contributed by atoms with Crippen LogP contribution in [0.15, 0.2) is 18.2 Å². The molecule has 102 valence electrons. The standard InChI is InChI=1S/C8H6BrN3O7/c9-4-8(19-12(17)18)6-2-1-5(10(13)14)3-7(6)11(15)16/h1-3,8H,4H2/t8-/m1/s1. The summed E-state index contributed by atoms with van der Waals surface area (Å²) in [6.07, 6.45) is -1.23. The first kappa shape index (κ1) is 14.8. The first-order chi connectivity index (χ1) is 8.86. The molecule has 1 aromatic rings. The van der Waals surface area contributed by atoms with Gasteiger partial charge in [0.05, 0.1) is 21.5 Å². The summed E-state index contributed by atoms with van der Waals surface area (Å²) in [6.45, 7) is 0. The Kier molecular flexibility index (Phi) is 4.69. The van der Waals surface area contributed by atoms with E-state index in [1.165, 1.54) is 0 Å². The zero-order chi connectivity index (χ0) is 14.6. The minimum Gasteiger partial charge on any atom is -0.305 e. The van der Waals surface area contributed by atoms with Crippen LogP contribution in [-0.4, -0.2) is 20.3 Å². The van der Waals surface area contributed by atoms with Crippen LogP contribution >= 0.6 is 15.9 Å². The van der Waals surface area contributed by atoms with Crippen LogP contribution in [0, 0.1) is 30.3 Å². The van der Waals surface area contributed by atoms with E-state index in [-0.39, 0.29) is 10.9 Å². The number of non-ortho nitro benzene ring substituents is 1. The summed E-state index contributed by atoms with van der Waals surface area (Å²) in [5.74, 6) is 0. The molecular weight excluding hydrogens is 330 g/mol. The zero-order valence-corrected chi connectivity index (χ0v) is 10.7. The summed E-state index contributed by atoms with van der Waals surface area (Å²) >= 11 is 2.93. The quantitative estimate of drug-likeness (QED) is 0.440. The van der Waals surface area contributed by atoms with Gasteiger partial charge in [0, 0.05) is 11.4 Å². The molecule has 0 fully saturated rings. The molecule has 1 aromatic carbocycles. The fourth-order valence-electron chi connectivity index (χ4n) is 1.35. The minimum atomic E-state index is -1.23. The van der Waals surface area contributed by atoms with Crippen molar-refractivity contribution in [2.24, 2.45) is 0 Å². The molecule has 0 amide bonds. The molecule has 0 heterocycles. The second kappa shape index (κ2) is 6.04. The number of nitrogens with zero attached hydrogens (tertiary/aromatic N) is 3. The molecule has 0 N–H and O–H groups in total. The highest BCUT2D eigenvalue weighted by Crippen LogP contribution is 2.32. The fraction of sp³-hybridized carbons (Fsp3) is 0.250. The van der Waals surface area contributed by atoms with Gasteiger partial charge in [-0.15, -0.1) is 10.1 Å². The van der Waals surface area contributed by atoms with Crippen LogP contribution in [0.2, 0.25) is 0 Å². The number of hydrogen-bond donors (Lipinski definition) is 0. The summed E-state index contributed by atoms with van der Waals surface area (Å²) in [7, 11) is 0. The van der Waals surface area contributed by atoms with E-state index in [0.29, 0.717) is 0 Å². The van der Waals surface area contributed by atoms with Crippen LogP contribution in [0.1, 0.15) is 11.7 Å². The Bertz CT molecular complexity index is 535. The molecule has 0 aromatic heterocycles. The monoisotopic (exact) mass is 335 g/mol. The molecule has 0 aliphatic carbocycles. The first-order valence-electron chi connectivity index (χ1n) is 4.66. The average molecular weight is 336 g/mol. The Balaban J connectivity index is 3.29. The first-order valence-corrected chi connectivity index (χ1v) is 5.78. The Hall–Kier alpha value is -2.30. The van der Waals surface area contributed by atoms with E-state index >= 15 is 0 Å². The van der Waals surface area contributed by atoms with Crippen LogP contribution in [0.5, 0.6) is 0 Å². The molecule has 0 aliphatic rings. The maximum atomic E-state index is 10.8. The lowest BCUT2D eigenvalue weighted by Crippen LogP contribution is -2.12. The van der Waals surface area contributed by atoms with Gasteiger partial charge in [0.2, 0.25) is 0 Å². The van der Waals surface area contributed by atoms with Gasteiger partial charge in [-0.2, -0.15) is 0 Å². The largest absolute Gasteiger partial charge is 0.305 e. The fourth-order valence-corrected chi connectivity index (χ4v) is 1.81. The molecule has 11 heteroatoms. The van der Waals surface area contributed by atoms with Crippen molar-refractivity contribution in [3.8, 4) is 0 Å². The van der Waals surface area contributed by atoms with Gasteiger partial charge in [-0.1, -0.05) is 15.9 Å². The molecule has 0 saturated carbocycles. The van der Waals surface area contributed by atoms with E-state index in [0.717, 1.165) is 18.2 Å². The Morgan fingerprint density at radius 2 is 1.79 bits per heavy atom. The highest BCUT2D eigenvalue weighted by Gasteiger charge is 2.27. The van der Waals surface area contributed by atoms with Crippen LogP contribution in [0.4, 0.5) is 11.4 Å². The van der Waals surface area contributed by atoms with Gasteiger partial charge in [0.1, 0.15) is 6.10 Å². The molecule has 0 aliphatic heterocycles. The van der Waals surface area contributed by atoms with Gasteiger partial charge >= 0.3 is 0 Å². The number of nitro groups is 2. The number of nitro benzene ring substituents is 2. The van der Waals surface area contributed by atoms with Gasteiger partial charge < -0.3 is 4.84 Å². The van der Waals surface area contributed by atoms with E-state index < -0.39 is 32.4 Å². The molecular formula is C8H6BrN3O7. The van der Waals surface area contributed by atoms with Crippen molar-refractivity contribution < 1.29 is 19.8 Å². The molecule has 0 unspecified atom stereocenters. The topological polar surface area (TPSA) is 139 Å². The van der Waals surface area contributed by atoms with E-state index in [9.17, 15) is 30.3 Å². The maximum Gasteiger partial charge on any atom is 0.295 e. The molecule has 19 heavy (non-hydrogen) atoms. The van der Waals surface area contributed by atoms with E-state index in [4.69, 9.17) is 0 Å². The predicted octanol–water partition coefficient (Wildman–Crippen LogP) is 2.15. The van der Waals surface area contributed by atoms with Crippen LogP contribution < -0.4 is 0 Å². The summed E-state index contributed by atoms with van der Waals surface area (Å²) in [5, 5.41) is 30.5. The summed E-state index contributed by atoms with van der Waals surface area (Å²) < 4.78 is 0. The molecule has 0 bridgehead atoms. The third-order valence-corrected chi connectivity index (χ3v) is 2.71. The molecule has 1 rings (SSSR count). The zero-order valence-electron chi connectivity index (χ0n) is 9.09. The minimum absolute atomic E-state index is 0.0768. The SMILES string of the molecule is O=[N+]([O-])O[C@H](CBr)c1ccc([N+](=O)[O-])cc1[N+](=O)[O-]. The van der Waals surface area contributed by atoms with Crippen LogP contribution in [-0.2, 0) is 4.84 Å². The van der Waals surface area contributed by atoms with Crippen molar-refractivity contribution in [1.29, 1.82) is 0 Å². The highest BCUT2D eigenvalue weighted by molar-refractivity contribution is 9.09. The summed E-state index contributed by atoms with van der Waals surface area (Å²) in [4.78, 5) is 34.3. The lowest BCUT2D eigenvalue weighted by Gasteiger charge is -2.12. The van der Waals surface area contributed by atoms with Crippen molar-refractivity contribution in [2.45, 2.75) is 6.10 Å². The third-order valence-electron chi connectivity index (χ3n) is 2.12. The lowest BCUT2D eigenvalue weighted by atomic mass is 10.1. The highest BCUT2D eigenvalue weighted by atomic mass is 79.9. The van der Waals surface area contributed by atoms with Gasteiger partial charge in [-0.3, -0.25) is 20.2 Å². The number of hydrogen-bond acceptors (Lipinski definition) is 7. The third kappa shape index (κ3) is 3.58. The van der Waals surface area contributed by atoms with Crippen LogP contribution in [0.25, 0.3) is 0 Å². The number of alkyl halides is 1. The normalized spacial score (nSPS) is 11.6. The second-order valence-electron chi connectivity index (χ2n) is 3.23. The van der Waals surface area contributed by atoms with Gasteiger partial charge in [-0.25, -0.2) is 0 Å². The molecule has 10 nitrogen and oxygen atoms in total. The molecule has 1 atom stereocenters. The Morgan fingerprint density at radius 3 is 2.21 bits per heavy atom. The number of benzene rings is 1. The predicted molar refractivity (Wildman–Crippen MR) is 64.4 cm³/mol. The van der Waals surface area contributed by atoms with Crippen molar-refractivity contribution in [2.75, 3.05) is 5.33 Å².